The Labute approximate surface area is 123 Å². The van der Waals surface area contributed by atoms with E-state index in [0.717, 1.165) is 35.7 Å². The highest BCUT2D eigenvalue weighted by Gasteiger charge is 2.08. The molecule has 0 bridgehead atoms. The quantitative estimate of drug-likeness (QED) is 0.744. The number of aromatic nitrogens is 3. The monoisotopic (exact) mass is 279 g/mol. The van der Waals surface area contributed by atoms with Crippen LogP contribution in [0.15, 0.2) is 48.8 Å². The summed E-state index contributed by atoms with van der Waals surface area (Å²) in [5, 5.41) is 0. The number of pyridine rings is 1. The molecule has 0 radical (unpaired) electrons. The topological polar surface area (TPSA) is 67.9 Å². The first-order valence-electron chi connectivity index (χ1n) is 6.93. The Morgan fingerprint density at radius 3 is 2.76 bits per heavy atom. The van der Waals surface area contributed by atoms with Gasteiger partial charge in [0.1, 0.15) is 11.3 Å². The predicted molar refractivity (Wildman–Crippen MR) is 84.9 cm³/mol. The smallest absolute Gasteiger partial charge is 0.180 e. The molecule has 21 heavy (non-hydrogen) atoms. The van der Waals surface area contributed by atoms with E-state index in [9.17, 15) is 0 Å². The number of benzene rings is 1. The molecule has 3 rings (SSSR count). The number of nitrogens with two attached hydrogens (primary N) is 1. The van der Waals surface area contributed by atoms with Gasteiger partial charge in [-0.05, 0) is 36.8 Å². The fourth-order valence-corrected chi connectivity index (χ4v) is 2.29. The van der Waals surface area contributed by atoms with E-state index in [1.165, 1.54) is 0 Å². The third-order valence-electron chi connectivity index (χ3n) is 3.35. The molecular weight excluding hydrogens is 262 g/mol. The molecule has 0 fully saturated rings. The third kappa shape index (κ3) is 2.91. The number of rotatable bonds is 4. The molecule has 0 amide bonds. The normalized spacial score (nSPS) is 10.7. The van der Waals surface area contributed by atoms with Gasteiger partial charge in [-0.3, -0.25) is 4.98 Å². The van der Waals surface area contributed by atoms with Crippen molar-refractivity contribution in [1.82, 2.24) is 15.0 Å². The molecule has 2 aromatic heterocycles. The molecule has 1 aromatic carbocycles. The lowest BCUT2D eigenvalue weighted by atomic mass is 10.2. The zero-order chi connectivity index (χ0) is 14.7. The van der Waals surface area contributed by atoms with Crippen LogP contribution in [0, 0.1) is 0 Å². The minimum absolute atomic E-state index is 0.668. The average molecular weight is 279 g/mol. The van der Waals surface area contributed by atoms with Crippen molar-refractivity contribution < 1.29 is 0 Å². The first-order chi connectivity index (χ1) is 10.3. The molecule has 0 aliphatic heterocycles. The van der Waals surface area contributed by atoms with Gasteiger partial charge < -0.3 is 10.6 Å². The Kier molecular flexibility index (Phi) is 3.64. The highest BCUT2D eigenvalue weighted by Crippen LogP contribution is 2.18. The van der Waals surface area contributed by atoms with Crippen LogP contribution in [0.1, 0.15) is 12.5 Å². The number of anilines is 2. The molecule has 3 aromatic rings. The van der Waals surface area contributed by atoms with Crippen LogP contribution >= 0.6 is 0 Å². The van der Waals surface area contributed by atoms with Crippen molar-refractivity contribution in [1.29, 1.82) is 0 Å². The molecule has 5 nitrogen and oxygen atoms in total. The van der Waals surface area contributed by atoms with Crippen molar-refractivity contribution in [3.05, 3.63) is 54.4 Å². The van der Waals surface area contributed by atoms with E-state index in [4.69, 9.17) is 5.73 Å². The Balaban J connectivity index is 1.90. The zero-order valence-electron chi connectivity index (χ0n) is 11.9. The highest BCUT2D eigenvalue weighted by atomic mass is 15.2. The number of nitrogen functional groups attached to an aromatic ring is 1. The summed E-state index contributed by atoms with van der Waals surface area (Å²) >= 11 is 0. The van der Waals surface area contributed by atoms with Crippen molar-refractivity contribution >= 4 is 22.7 Å². The molecule has 5 heteroatoms. The van der Waals surface area contributed by atoms with Gasteiger partial charge in [-0.25, -0.2) is 9.97 Å². The largest absolute Gasteiger partial charge is 0.399 e. The maximum Gasteiger partial charge on any atom is 0.180 e. The minimum atomic E-state index is 0.668. The summed E-state index contributed by atoms with van der Waals surface area (Å²) in [6.45, 7) is 3.72. The second-order valence-corrected chi connectivity index (χ2v) is 4.83. The van der Waals surface area contributed by atoms with Crippen molar-refractivity contribution in [3.63, 3.8) is 0 Å². The van der Waals surface area contributed by atoms with Gasteiger partial charge in [0.05, 0.1) is 0 Å². The van der Waals surface area contributed by atoms with Gasteiger partial charge in [0.25, 0.3) is 0 Å². The van der Waals surface area contributed by atoms with Gasteiger partial charge in [-0.15, -0.1) is 0 Å². The maximum atomic E-state index is 5.84. The lowest BCUT2D eigenvalue weighted by Gasteiger charge is -2.22. The first-order valence-corrected chi connectivity index (χ1v) is 6.93. The van der Waals surface area contributed by atoms with Crippen LogP contribution in [-0.4, -0.2) is 21.5 Å². The van der Waals surface area contributed by atoms with Gasteiger partial charge in [0.15, 0.2) is 5.65 Å². The van der Waals surface area contributed by atoms with Crippen LogP contribution in [0.4, 0.5) is 11.5 Å². The zero-order valence-corrected chi connectivity index (χ0v) is 11.9. The molecule has 0 saturated carbocycles. The van der Waals surface area contributed by atoms with Gasteiger partial charge in [-0.1, -0.05) is 12.1 Å². The lowest BCUT2D eigenvalue weighted by molar-refractivity contribution is 0.816. The Morgan fingerprint density at radius 1 is 1.10 bits per heavy atom. The standard InChI is InChI=1S/C16H17N5/c1-2-21(11-12-4-3-5-13(17)10-12)15-7-6-14-16(20-15)19-9-8-18-14/h3-10H,2,11,17H2,1H3. The van der Waals surface area contributed by atoms with Crippen LogP contribution in [0.2, 0.25) is 0 Å². The van der Waals surface area contributed by atoms with E-state index < -0.39 is 0 Å². The molecular formula is C16H17N5. The van der Waals surface area contributed by atoms with Gasteiger partial charge >= 0.3 is 0 Å². The van der Waals surface area contributed by atoms with Crippen LogP contribution in [0.3, 0.4) is 0 Å². The predicted octanol–water partition coefficient (Wildman–Crippen LogP) is 2.63. The fourth-order valence-electron chi connectivity index (χ4n) is 2.29. The minimum Gasteiger partial charge on any atom is -0.399 e. The van der Waals surface area contributed by atoms with Crippen LogP contribution in [0.25, 0.3) is 11.2 Å². The molecule has 0 aliphatic rings. The maximum absolute atomic E-state index is 5.84. The average Bonchev–Trinajstić information content (AvgIpc) is 2.52. The molecule has 0 aliphatic carbocycles. The van der Waals surface area contributed by atoms with Crippen LogP contribution in [0.5, 0.6) is 0 Å². The Bertz CT molecular complexity index is 756. The summed E-state index contributed by atoms with van der Waals surface area (Å²) in [6.07, 6.45) is 3.33. The first kappa shape index (κ1) is 13.3. The number of hydrogen-bond acceptors (Lipinski definition) is 5. The van der Waals surface area contributed by atoms with Gasteiger partial charge in [0, 0.05) is 31.2 Å². The fraction of sp³-hybridized carbons (Fsp3) is 0.188. The Morgan fingerprint density at radius 2 is 1.95 bits per heavy atom. The van der Waals surface area contributed by atoms with Gasteiger partial charge in [0.2, 0.25) is 0 Å². The second kappa shape index (κ2) is 5.75. The summed E-state index contributed by atoms with van der Waals surface area (Å²) in [5.74, 6) is 0.896. The van der Waals surface area contributed by atoms with E-state index in [-0.39, 0.29) is 0 Å². The van der Waals surface area contributed by atoms with Crippen LogP contribution in [-0.2, 0) is 6.54 Å². The SMILES string of the molecule is CCN(Cc1cccc(N)c1)c1ccc2nccnc2n1. The summed E-state index contributed by atoms with van der Waals surface area (Å²) < 4.78 is 0. The van der Waals surface area contributed by atoms with Crippen molar-refractivity contribution in [2.45, 2.75) is 13.5 Å². The van der Waals surface area contributed by atoms with E-state index in [1.54, 1.807) is 12.4 Å². The molecule has 0 spiro atoms. The summed E-state index contributed by atoms with van der Waals surface area (Å²) in [7, 11) is 0. The van der Waals surface area contributed by atoms with E-state index in [1.807, 2.05) is 30.3 Å². The summed E-state index contributed by atoms with van der Waals surface area (Å²) in [4.78, 5) is 15.3. The third-order valence-corrected chi connectivity index (χ3v) is 3.35. The number of hydrogen-bond donors (Lipinski definition) is 1. The number of nitrogens with zero attached hydrogens (tertiary/aromatic N) is 4. The second-order valence-electron chi connectivity index (χ2n) is 4.83. The Hall–Kier alpha value is -2.69. The molecule has 0 saturated heterocycles. The number of fused-ring (bicyclic) bond motifs is 1. The highest BCUT2D eigenvalue weighted by molar-refractivity contribution is 5.71. The molecule has 2 heterocycles. The van der Waals surface area contributed by atoms with E-state index in [0.29, 0.717) is 5.65 Å². The van der Waals surface area contributed by atoms with E-state index in [2.05, 4.69) is 32.8 Å². The summed E-state index contributed by atoms with van der Waals surface area (Å²) in [6, 6.07) is 11.9. The molecule has 0 atom stereocenters. The van der Waals surface area contributed by atoms with E-state index >= 15 is 0 Å². The lowest BCUT2D eigenvalue weighted by Crippen LogP contribution is -2.23. The molecule has 0 unspecified atom stereocenters. The molecule has 106 valence electrons. The van der Waals surface area contributed by atoms with Crippen molar-refractivity contribution in [2.75, 3.05) is 17.2 Å². The van der Waals surface area contributed by atoms with Crippen molar-refractivity contribution in [2.24, 2.45) is 0 Å². The summed E-state index contributed by atoms with van der Waals surface area (Å²) in [5.41, 5.74) is 9.25. The van der Waals surface area contributed by atoms with Crippen LogP contribution < -0.4 is 10.6 Å². The molecule has 2 N–H and O–H groups in total. The van der Waals surface area contributed by atoms with Crippen molar-refractivity contribution in [3.8, 4) is 0 Å². The van der Waals surface area contributed by atoms with Gasteiger partial charge in [-0.2, -0.15) is 0 Å².